The van der Waals surface area contributed by atoms with E-state index in [4.69, 9.17) is 4.42 Å². The fourth-order valence-corrected chi connectivity index (χ4v) is 6.19. The van der Waals surface area contributed by atoms with Crippen molar-refractivity contribution >= 4 is 26.6 Å². The second-order valence-electron chi connectivity index (χ2n) is 7.93. The van der Waals surface area contributed by atoms with Crippen LogP contribution in [-0.2, 0) is 9.84 Å². The first-order chi connectivity index (χ1) is 14.5. The number of piperazine rings is 1. The minimum Gasteiger partial charge on any atom is -0.463 e. The van der Waals surface area contributed by atoms with Gasteiger partial charge in [-0.25, -0.2) is 13.4 Å². The van der Waals surface area contributed by atoms with Gasteiger partial charge in [-0.05, 0) is 30.7 Å². The van der Waals surface area contributed by atoms with Crippen LogP contribution in [0.1, 0.15) is 16.8 Å². The quantitative estimate of drug-likeness (QED) is 0.641. The number of hydrogen-bond acceptors (Lipinski definition) is 6. The zero-order valence-electron chi connectivity index (χ0n) is 16.5. The molecule has 0 saturated carbocycles. The molecule has 3 aromatic rings. The Morgan fingerprint density at radius 1 is 1.07 bits per heavy atom. The smallest absolute Gasteiger partial charge is 0.254 e. The van der Waals surface area contributed by atoms with Gasteiger partial charge in [0.1, 0.15) is 5.69 Å². The van der Waals surface area contributed by atoms with Gasteiger partial charge in [-0.15, -0.1) is 0 Å². The van der Waals surface area contributed by atoms with Gasteiger partial charge in [0.25, 0.3) is 5.91 Å². The van der Waals surface area contributed by atoms with Gasteiger partial charge in [0, 0.05) is 37.6 Å². The number of aromatic nitrogens is 1. The molecule has 0 spiro atoms. The summed E-state index contributed by atoms with van der Waals surface area (Å²) in [5.41, 5.74) is 2.00. The second-order valence-corrected chi connectivity index (χ2v) is 10.2. The Kier molecular flexibility index (Phi) is 4.83. The van der Waals surface area contributed by atoms with E-state index in [2.05, 4.69) is 9.88 Å². The molecule has 1 aromatic carbocycles. The Labute approximate surface area is 175 Å². The average Bonchev–Trinajstić information content (AvgIpc) is 3.42. The molecule has 0 aliphatic carbocycles. The minimum absolute atomic E-state index is 0.0277. The summed E-state index contributed by atoms with van der Waals surface area (Å²) in [5.74, 6) is 1.11. The molecular formula is C22H23N3O4S. The summed E-state index contributed by atoms with van der Waals surface area (Å²) in [4.78, 5) is 22.1. The van der Waals surface area contributed by atoms with Crippen molar-refractivity contribution in [2.24, 2.45) is 0 Å². The molecule has 4 heterocycles. The van der Waals surface area contributed by atoms with Crippen molar-refractivity contribution in [3.05, 3.63) is 54.3 Å². The van der Waals surface area contributed by atoms with Crippen LogP contribution in [0.2, 0.25) is 0 Å². The molecule has 2 saturated heterocycles. The van der Waals surface area contributed by atoms with Crippen LogP contribution in [0.15, 0.2) is 53.1 Å². The van der Waals surface area contributed by atoms with Crippen LogP contribution < -0.4 is 0 Å². The number of carbonyl (C=O) groups is 1. The number of hydrogen-bond donors (Lipinski definition) is 0. The minimum atomic E-state index is -2.91. The largest absolute Gasteiger partial charge is 0.463 e. The van der Waals surface area contributed by atoms with E-state index >= 15 is 0 Å². The van der Waals surface area contributed by atoms with Crippen LogP contribution >= 0.6 is 0 Å². The van der Waals surface area contributed by atoms with Gasteiger partial charge < -0.3 is 9.32 Å². The van der Waals surface area contributed by atoms with E-state index < -0.39 is 9.84 Å². The fourth-order valence-electron chi connectivity index (χ4n) is 4.43. The number of pyridine rings is 1. The predicted molar refractivity (Wildman–Crippen MR) is 114 cm³/mol. The molecule has 0 radical (unpaired) electrons. The molecule has 0 unspecified atom stereocenters. The molecule has 2 aliphatic rings. The molecule has 2 aliphatic heterocycles. The Bertz CT molecular complexity index is 1180. The monoisotopic (exact) mass is 425 g/mol. The third-order valence-corrected chi connectivity index (χ3v) is 7.80. The first-order valence-corrected chi connectivity index (χ1v) is 12.0. The van der Waals surface area contributed by atoms with Gasteiger partial charge in [0.05, 0.1) is 28.8 Å². The van der Waals surface area contributed by atoms with Crippen molar-refractivity contribution in [3.63, 3.8) is 0 Å². The van der Waals surface area contributed by atoms with E-state index in [1.165, 1.54) is 0 Å². The lowest BCUT2D eigenvalue weighted by atomic mass is 10.0. The molecule has 8 heteroatoms. The number of nitrogens with zero attached hydrogens (tertiary/aromatic N) is 3. The number of para-hydroxylation sites is 1. The number of benzene rings is 1. The highest BCUT2D eigenvalue weighted by Gasteiger charge is 2.34. The predicted octanol–water partition coefficient (Wildman–Crippen LogP) is 2.44. The maximum absolute atomic E-state index is 13.4. The maximum Gasteiger partial charge on any atom is 0.254 e. The Balaban J connectivity index is 1.39. The summed E-state index contributed by atoms with van der Waals surface area (Å²) in [7, 11) is -2.91. The number of carbonyl (C=O) groups excluding carboxylic acids is 1. The highest BCUT2D eigenvalue weighted by atomic mass is 32.2. The van der Waals surface area contributed by atoms with Crippen molar-refractivity contribution in [3.8, 4) is 11.5 Å². The Morgan fingerprint density at radius 3 is 2.57 bits per heavy atom. The van der Waals surface area contributed by atoms with Crippen LogP contribution in [0, 0.1) is 0 Å². The number of furan rings is 1. The normalized spacial score (nSPS) is 21.9. The van der Waals surface area contributed by atoms with Crippen LogP contribution in [-0.4, -0.2) is 72.8 Å². The molecular weight excluding hydrogens is 402 g/mol. The summed E-state index contributed by atoms with van der Waals surface area (Å²) < 4.78 is 29.1. The van der Waals surface area contributed by atoms with Crippen LogP contribution in [0.25, 0.3) is 22.4 Å². The van der Waals surface area contributed by atoms with Gasteiger partial charge in [-0.2, -0.15) is 0 Å². The van der Waals surface area contributed by atoms with E-state index in [0.717, 1.165) is 10.9 Å². The summed E-state index contributed by atoms with van der Waals surface area (Å²) in [5, 5.41) is 0.821. The van der Waals surface area contributed by atoms with Crippen molar-refractivity contribution in [1.82, 2.24) is 14.8 Å². The molecule has 2 fully saturated rings. The molecule has 1 atom stereocenters. The summed E-state index contributed by atoms with van der Waals surface area (Å²) in [6.45, 7) is 2.56. The Morgan fingerprint density at radius 2 is 1.87 bits per heavy atom. The van der Waals surface area contributed by atoms with E-state index in [1.807, 2.05) is 35.2 Å². The molecule has 2 aromatic heterocycles. The van der Waals surface area contributed by atoms with E-state index in [9.17, 15) is 13.2 Å². The van der Waals surface area contributed by atoms with Crippen LogP contribution in [0.5, 0.6) is 0 Å². The lowest BCUT2D eigenvalue weighted by molar-refractivity contribution is 0.0589. The average molecular weight is 426 g/mol. The molecule has 5 rings (SSSR count). The summed E-state index contributed by atoms with van der Waals surface area (Å²) in [6, 6.07) is 13.2. The van der Waals surface area contributed by atoms with Gasteiger partial charge >= 0.3 is 0 Å². The Hall–Kier alpha value is -2.71. The third kappa shape index (κ3) is 3.61. The zero-order chi connectivity index (χ0) is 20.7. The highest BCUT2D eigenvalue weighted by Crippen LogP contribution is 2.27. The zero-order valence-corrected chi connectivity index (χ0v) is 17.3. The van der Waals surface area contributed by atoms with Crippen molar-refractivity contribution < 1.29 is 17.6 Å². The van der Waals surface area contributed by atoms with Gasteiger partial charge in [-0.1, -0.05) is 18.2 Å². The van der Waals surface area contributed by atoms with Gasteiger partial charge in [0.15, 0.2) is 15.6 Å². The standard InChI is InChI=1S/C22H23N3O4S/c26-22(25-10-8-24(9-11-25)16-7-13-30(27,28)15-16)18-14-20(21-6-3-12-29-21)23-19-5-2-1-4-17(18)19/h1-6,12,14,16H,7-11,13,15H2/t16-/m0/s1. The summed E-state index contributed by atoms with van der Waals surface area (Å²) >= 11 is 0. The van der Waals surface area contributed by atoms with Crippen molar-refractivity contribution in [2.45, 2.75) is 12.5 Å². The third-order valence-electron chi connectivity index (χ3n) is 6.05. The van der Waals surface area contributed by atoms with Crippen molar-refractivity contribution in [2.75, 3.05) is 37.7 Å². The van der Waals surface area contributed by atoms with Gasteiger partial charge in [-0.3, -0.25) is 9.69 Å². The van der Waals surface area contributed by atoms with Gasteiger partial charge in [0.2, 0.25) is 0 Å². The first kappa shape index (κ1) is 19.3. The molecule has 7 nitrogen and oxygen atoms in total. The maximum atomic E-state index is 13.4. The van der Waals surface area contributed by atoms with Crippen molar-refractivity contribution in [1.29, 1.82) is 0 Å². The molecule has 0 bridgehead atoms. The molecule has 30 heavy (non-hydrogen) atoms. The van der Waals surface area contributed by atoms with E-state index in [-0.39, 0.29) is 23.5 Å². The van der Waals surface area contributed by atoms with Crippen LogP contribution in [0.3, 0.4) is 0 Å². The SMILES string of the molecule is O=C(c1cc(-c2ccco2)nc2ccccc12)N1CCN([C@H]2CCS(=O)(=O)C2)CC1. The number of amides is 1. The number of fused-ring (bicyclic) bond motifs is 1. The van der Waals surface area contributed by atoms with Crippen LogP contribution in [0.4, 0.5) is 0 Å². The first-order valence-electron chi connectivity index (χ1n) is 10.2. The molecule has 0 N–H and O–H groups in total. The highest BCUT2D eigenvalue weighted by molar-refractivity contribution is 7.91. The molecule has 156 valence electrons. The van der Waals surface area contributed by atoms with E-state index in [1.54, 1.807) is 18.4 Å². The second kappa shape index (κ2) is 7.52. The topological polar surface area (TPSA) is 83.7 Å². The molecule has 1 amide bonds. The van der Waals surface area contributed by atoms with E-state index in [0.29, 0.717) is 49.6 Å². The summed E-state index contributed by atoms with van der Waals surface area (Å²) in [6.07, 6.45) is 2.29. The fraction of sp³-hybridized carbons (Fsp3) is 0.364. The number of sulfone groups is 1. The lowest BCUT2D eigenvalue weighted by Crippen LogP contribution is -2.52. The lowest BCUT2D eigenvalue weighted by Gasteiger charge is -2.37. The number of rotatable bonds is 3.